The van der Waals surface area contributed by atoms with Gasteiger partial charge in [-0.15, -0.1) is 0 Å². The molecule has 242 valence electrons. The Morgan fingerprint density at radius 3 is 2.57 bits per heavy atom. The molecule has 0 radical (unpaired) electrons. The number of likely N-dealkylation sites (N-methyl/N-ethyl adjacent to an activating group) is 1. The number of hydrogen-bond acceptors (Lipinski definition) is 6. The number of imidazole rings is 1. The minimum absolute atomic E-state index is 0.0452. The van der Waals surface area contributed by atoms with E-state index in [0.717, 1.165) is 16.6 Å². The quantitative estimate of drug-likeness (QED) is 0.223. The zero-order valence-electron chi connectivity index (χ0n) is 27.4. The zero-order chi connectivity index (χ0) is 33.5. The van der Waals surface area contributed by atoms with E-state index in [0.29, 0.717) is 58.9 Å². The highest BCUT2D eigenvalue weighted by atomic mass is 35.5. The van der Waals surface area contributed by atoms with Gasteiger partial charge in [-0.2, -0.15) is 0 Å². The van der Waals surface area contributed by atoms with E-state index in [9.17, 15) is 4.79 Å². The van der Waals surface area contributed by atoms with Gasteiger partial charge in [-0.1, -0.05) is 38.1 Å². The predicted molar refractivity (Wildman–Crippen MR) is 187 cm³/mol. The fourth-order valence-corrected chi connectivity index (χ4v) is 7.82. The highest BCUT2D eigenvalue weighted by Crippen LogP contribution is 2.47. The molecule has 2 aliphatic heterocycles. The molecule has 1 amide bonds. The molecule has 0 bridgehead atoms. The molecule has 1 N–H and O–H groups in total. The molecule has 2 aromatic carbocycles. The highest BCUT2D eigenvalue weighted by Gasteiger charge is 2.42. The molecule has 1 fully saturated rings. The van der Waals surface area contributed by atoms with Crippen molar-refractivity contribution in [3.05, 3.63) is 87.5 Å². The largest absolute Gasteiger partial charge is 0.366 e. The van der Waals surface area contributed by atoms with Crippen LogP contribution in [0.5, 0.6) is 0 Å². The summed E-state index contributed by atoms with van der Waals surface area (Å²) in [6.07, 6.45) is 4.64. The molecule has 1 saturated heterocycles. The SMILES string of the molecule is C=CC(=O)N1CC2CN(C)c3c(c4cc(Cl)c(-c5c(C)ccc6[nH]cnc56)c(F)c4n(-c4c(C)ccnc4C(C)C)c3=O)N2CC1C. The van der Waals surface area contributed by atoms with Crippen molar-refractivity contribution in [1.29, 1.82) is 0 Å². The van der Waals surface area contributed by atoms with E-state index in [2.05, 4.69) is 26.4 Å². The van der Waals surface area contributed by atoms with Crippen molar-refractivity contribution in [3.8, 4) is 16.8 Å². The van der Waals surface area contributed by atoms with E-state index >= 15 is 9.18 Å². The second-order valence-corrected chi connectivity index (χ2v) is 13.5. The lowest BCUT2D eigenvalue weighted by Gasteiger charge is -2.51. The zero-order valence-corrected chi connectivity index (χ0v) is 28.1. The van der Waals surface area contributed by atoms with Crippen molar-refractivity contribution in [1.82, 2.24) is 24.4 Å². The first-order valence-corrected chi connectivity index (χ1v) is 16.2. The second-order valence-electron chi connectivity index (χ2n) is 13.1. The van der Waals surface area contributed by atoms with Crippen LogP contribution >= 0.6 is 11.6 Å². The molecule has 47 heavy (non-hydrogen) atoms. The summed E-state index contributed by atoms with van der Waals surface area (Å²) in [7, 11) is 1.87. The molecule has 3 aromatic heterocycles. The summed E-state index contributed by atoms with van der Waals surface area (Å²) in [6.45, 7) is 14.9. The number of benzene rings is 2. The van der Waals surface area contributed by atoms with Crippen LogP contribution in [0.2, 0.25) is 5.02 Å². The maximum Gasteiger partial charge on any atom is 0.281 e. The summed E-state index contributed by atoms with van der Waals surface area (Å²) in [5.41, 5.74) is 5.81. The van der Waals surface area contributed by atoms with E-state index in [1.807, 2.05) is 69.7 Å². The normalized spacial score (nSPS) is 17.9. The molecule has 5 aromatic rings. The number of fused-ring (bicyclic) bond motifs is 6. The smallest absolute Gasteiger partial charge is 0.281 e. The van der Waals surface area contributed by atoms with E-state index in [-0.39, 0.29) is 45.6 Å². The van der Waals surface area contributed by atoms with E-state index in [4.69, 9.17) is 11.6 Å². The molecule has 0 saturated carbocycles. The van der Waals surface area contributed by atoms with Crippen LogP contribution < -0.4 is 15.4 Å². The van der Waals surface area contributed by atoms with Crippen molar-refractivity contribution in [2.45, 2.75) is 52.6 Å². The fourth-order valence-electron chi connectivity index (χ4n) is 7.53. The number of hydrogen-bond donors (Lipinski definition) is 1. The van der Waals surface area contributed by atoms with Gasteiger partial charge in [0, 0.05) is 55.4 Å². The Kier molecular flexibility index (Phi) is 7.39. The van der Waals surface area contributed by atoms with Gasteiger partial charge in [-0.05, 0) is 62.1 Å². The first-order valence-electron chi connectivity index (χ1n) is 15.8. The number of aryl methyl sites for hydroxylation is 2. The van der Waals surface area contributed by atoms with Gasteiger partial charge in [-0.25, -0.2) is 9.37 Å². The monoisotopic (exact) mass is 653 g/mol. The lowest BCUT2D eigenvalue weighted by Crippen LogP contribution is -2.64. The molecule has 7 rings (SSSR count). The van der Waals surface area contributed by atoms with E-state index in [1.54, 1.807) is 18.6 Å². The number of aromatic nitrogens is 4. The Morgan fingerprint density at radius 1 is 1.09 bits per heavy atom. The molecular weight excluding hydrogens is 617 g/mol. The number of rotatable bonds is 4. The maximum atomic E-state index is 17.8. The Labute approximate surface area is 277 Å². The van der Waals surface area contributed by atoms with Crippen LogP contribution in [0.15, 0.2) is 54.2 Å². The summed E-state index contributed by atoms with van der Waals surface area (Å²) in [4.78, 5) is 46.0. The number of amides is 1. The maximum absolute atomic E-state index is 17.8. The molecular formula is C36H37ClFN7O2. The molecule has 2 aliphatic rings. The molecule has 0 spiro atoms. The van der Waals surface area contributed by atoms with Crippen LogP contribution in [0.4, 0.5) is 15.8 Å². The summed E-state index contributed by atoms with van der Waals surface area (Å²) in [6, 6.07) is 7.14. The van der Waals surface area contributed by atoms with E-state index < -0.39 is 5.82 Å². The number of nitrogens with zero attached hydrogens (tertiary/aromatic N) is 6. The van der Waals surface area contributed by atoms with Crippen LogP contribution in [0.1, 0.15) is 43.5 Å². The topological polar surface area (TPSA) is 90.4 Å². The van der Waals surface area contributed by atoms with Crippen molar-refractivity contribution in [2.75, 3.05) is 36.5 Å². The van der Waals surface area contributed by atoms with Gasteiger partial charge in [0.05, 0.1) is 51.0 Å². The molecule has 5 heterocycles. The number of anilines is 2. The van der Waals surface area contributed by atoms with Crippen molar-refractivity contribution in [2.24, 2.45) is 0 Å². The lowest BCUT2D eigenvalue weighted by atomic mass is 9.94. The minimum atomic E-state index is -0.609. The third-order valence-electron chi connectivity index (χ3n) is 9.73. The first kappa shape index (κ1) is 30.9. The Balaban J connectivity index is 1.63. The number of carbonyl (C=O) groups is 1. The van der Waals surface area contributed by atoms with Crippen LogP contribution in [-0.4, -0.2) is 69.1 Å². The fraction of sp³-hybridized carbons (Fsp3) is 0.333. The number of carbonyl (C=O) groups excluding carboxylic acids is 1. The minimum Gasteiger partial charge on any atom is -0.366 e. The number of H-pyrrole nitrogens is 1. The Morgan fingerprint density at radius 2 is 1.85 bits per heavy atom. The van der Waals surface area contributed by atoms with Gasteiger partial charge in [-0.3, -0.25) is 19.1 Å². The van der Waals surface area contributed by atoms with Crippen LogP contribution in [0.3, 0.4) is 0 Å². The third-order valence-corrected chi connectivity index (χ3v) is 10.0. The van der Waals surface area contributed by atoms with E-state index in [1.165, 1.54) is 10.6 Å². The van der Waals surface area contributed by atoms with Gasteiger partial charge in [0.25, 0.3) is 5.56 Å². The number of pyridine rings is 2. The van der Waals surface area contributed by atoms with Crippen LogP contribution in [-0.2, 0) is 4.79 Å². The molecule has 11 heteroatoms. The average molecular weight is 654 g/mol. The number of halogens is 2. The molecule has 0 aliphatic carbocycles. The average Bonchev–Trinajstić information content (AvgIpc) is 3.51. The lowest BCUT2D eigenvalue weighted by molar-refractivity contribution is -0.128. The van der Waals surface area contributed by atoms with Crippen LogP contribution in [0, 0.1) is 19.7 Å². The second kappa shape index (κ2) is 11.2. The standard InChI is InChI=1S/C36H37ClFN7O2/c1-8-26(46)43-16-22-15-42(7)35-34(44(22)14-21(43)6)23-13-24(37)28(27-19(4)9-10-25-31(27)41-17-40-25)29(38)33(23)45(36(35)47)32-20(5)11-12-39-30(32)18(2)3/h8-13,17-18,21-22H,1,14-16H2,2-7H3,(H,40,41). The molecule has 2 atom stereocenters. The number of aromatic amines is 1. The van der Waals surface area contributed by atoms with Crippen molar-refractivity contribution >= 4 is 50.8 Å². The van der Waals surface area contributed by atoms with Gasteiger partial charge in [0.2, 0.25) is 5.91 Å². The molecule has 2 unspecified atom stereocenters. The van der Waals surface area contributed by atoms with Crippen molar-refractivity contribution in [3.63, 3.8) is 0 Å². The van der Waals surface area contributed by atoms with Gasteiger partial charge in [0.15, 0.2) is 5.82 Å². The summed E-state index contributed by atoms with van der Waals surface area (Å²) in [5, 5.41) is 0.731. The Bertz CT molecular complexity index is 2190. The number of piperazine rings is 1. The summed E-state index contributed by atoms with van der Waals surface area (Å²) >= 11 is 7.13. The highest BCUT2D eigenvalue weighted by molar-refractivity contribution is 6.35. The first-order chi connectivity index (χ1) is 22.4. The van der Waals surface area contributed by atoms with Gasteiger partial charge < -0.3 is 19.7 Å². The molecule has 9 nitrogen and oxygen atoms in total. The third kappa shape index (κ3) is 4.56. The summed E-state index contributed by atoms with van der Waals surface area (Å²) < 4.78 is 19.3. The Hall–Kier alpha value is -4.70. The van der Waals surface area contributed by atoms with Gasteiger partial charge in [0.1, 0.15) is 5.69 Å². The van der Waals surface area contributed by atoms with Crippen molar-refractivity contribution < 1.29 is 9.18 Å². The van der Waals surface area contributed by atoms with Crippen LogP contribution in [0.25, 0.3) is 38.8 Å². The summed E-state index contributed by atoms with van der Waals surface area (Å²) in [5.74, 6) is -0.792. The van der Waals surface area contributed by atoms with Gasteiger partial charge >= 0.3 is 0 Å². The number of nitrogens with one attached hydrogen (secondary N) is 1. The predicted octanol–water partition coefficient (Wildman–Crippen LogP) is 6.50.